The third-order valence-corrected chi connectivity index (χ3v) is 3.80. The van der Waals surface area contributed by atoms with E-state index in [0.29, 0.717) is 29.6 Å². The number of aromatic nitrogens is 2. The monoisotopic (exact) mass is 261 g/mol. The van der Waals surface area contributed by atoms with Gasteiger partial charge in [-0.25, -0.2) is 9.97 Å². The molecular weight excluding hydrogens is 238 g/mol. The van der Waals surface area contributed by atoms with Crippen molar-refractivity contribution in [2.24, 2.45) is 0 Å². The molecule has 5 nitrogen and oxygen atoms in total. The number of hydrogen-bond acceptors (Lipinski definition) is 5. The minimum atomic E-state index is 0.263. The van der Waals surface area contributed by atoms with Crippen LogP contribution in [-0.4, -0.2) is 28.8 Å². The van der Waals surface area contributed by atoms with Crippen LogP contribution in [0.3, 0.4) is 0 Å². The average Bonchev–Trinajstić information content (AvgIpc) is 2.91. The Morgan fingerprint density at radius 1 is 1.47 bits per heavy atom. The van der Waals surface area contributed by atoms with E-state index in [2.05, 4.69) is 22.2 Å². The fraction of sp³-hybridized carbons (Fsp3) is 0.643. The molecule has 1 aliphatic carbocycles. The molecule has 0 aliphatic heterocycles. The van der Waals surface area contributed by atoms with E-state index in [1.165, 1.54) is 12.8 Å². The molecule has 0 unspecified atom stereocenters. The maximum absolute atomic E-state index is 8.14. The highest BCUT2D eigenvalue weighted by Crippen LogP contribution is 2.32. The predicted octanol–water partition coefficient (Wildman–Crippen LogP) is 2.08. The molecular formula is C14H23N5. The Kier molecular flexibility index (Phi) is 4.47. The van der Waals surface area contributed by atoms with Crippen LogP contribution >= 0.6 is 0 Å². The van der Waals surface area contributed by atoms with Crippen molar-refractivity contribution in [1.82, 2.24) is 15.3 Å². The summed E-state index contributed by atoms with van der Waals surface area (Å²) in [5.74, 6) is 1.74. The Balaban J connectivity index is 2.18. The normalized spacial score (nSPS) is 17.6. The van der Waals surface area contributed by atoms with E-state index in [1.807, 2.05) is 7.05 Å². The van der Waals surface area contributed by atoms with Crippen LogP contribution in [0.1, 0.15) is 56.5 Å². The second-order valence-corrected chi connectivity index (χ2v) is 5.39. The van der Waals surface area contributed by atoms with Crippen molar-refractivity contribution in [2.75, 3.05) is 12.8 Å². The Bertz CT molecular complexity index is 451. The van der Waals surface area contributed by atoms with Crippen LogP contribution in [0.15, 0.2) is 6.07 Å². The van der Waals surface area contributed by atoms with E-state index in [9.17, 15) is 0 Å². The molecule has 1 aliphatic rings. The number of rotatable bonds is 5. The van der Waals surface area contributed by atoms with Crippen molar-refractivity contribution in [2.45, 2.75) is 51.0 Å². The Labute approximate surface area is 114 Å². The van der Waals surface area contributed by atoms with E-state index in [-0.39, 0.29) is 6.04 Å². The second kappa shape index (κ2) is 6.10. The van der Waals surface area contributed by atoms with Crippen LogP contribution in [0.5, 0.6) is 0 Å². The van der Waals surface area contributed by atoms with Crippen LogP contribution < -0.4 is 11.1 Å². The highest BCUT2D eigenvalue weighted by Gasteiger charge is 2.21. The smallest absolute Gasteiger partial charge is 0.134 e. The maximum atomic E-state index is 8.14. The zero-order valence-electron chi connectivity index (χ0n) is 11.7. The molecule has 0 aromatic carbocycles. The summed E-state index contributed by atoms with van der Waals surface area (Å²) in [6, 6.07) is 1.97. The van der Waals surface area contributed by atoms with Crippen LogP contribution in [-0.2, 0) is 0 Å². The van der Waals surface area contributed by atoms with Crippen molar-refractivity contribution in [3.63, 3.8) is 0 Å². The number of nitrogens with two attached hydrogens (primary N) is 1. The zero-order valence-corrected chi connectivity index (χ0v) is 11.7. The van der Waals surface area contributed by atoms with Gasteiger partial charge in [-0.15, -0.1) is 0 Å². The number of hydrogen-bond donors (Lipinski definition) is 3. The van der Waals surface area contributed by atoms with E-state index in [4.69, 9.17) is 11.1 Å². The lowest BCUT2D eigenvalue weighted by molar-refractivity contribution is 0.630. The molecule has 0 bridgehead atoms. The van der Waals surface area contributed by atoms with Gasteiger partial charge in [-0.05, 0) is 26.8 Å². The Morgan fingerprint density at radius 3 is 2.79 bits per heavy atom. The lowest BCUT2D eigenvalue weighted by Crippen LogP contribution is -2.25. The van der Waals surface area contributed by atoms with E-state index < -0.39 is 0 Å². The van der Waals surface area contributed by atoms with Crippen molar-refractivity contribution in [1.29, 1.82) is 5.41 Å². The lowest BCUT2D eigenvalue weighted by Gasteiger charge is -2.13. The van der Waals surface area contributed by atoms with Gasteiger partial charge in [0.05, 0.1) is 11.4 Å². The van der Waals surface area contributed by atoms with Gasteiger partial charge in [-0.2, -0.15) is 0 Å². The zero-order chi connectivity index (χ0) is 13.8. The standard InChI is InChI=1S/C14H23N5/c1-9(17-2)7-11(15)12-8-13(16)19-14(18-12)10-5-3-4-6-10/h8-10,15,17H,3-7H2,1-2H3,(H2,16,18,19)/t9-/m1/s1. The summed E-state index contributed by atoms with van der Waals surface area (Å²) in [5, 5.41) is 11.3. The number of anilines is 1. The molecule has 5 heteroatoms. The van der Waals surface area contributed by atoms with Crippen molar-refractivity contribution in [3.05, 3.63) is 17.6 Å². The fourth-order valence-corrected chi connectivity index (χ4v) is 2.52. The molecule has 0 spiro atoms. The molecule has 4 N–H and O–H groups in total. The molecule has 1 aromatic heterocycles. The second-order valence-electron chi connectivity index (χ2n) is 5.39. The van der Waals surface area contributed by atoms with Gasteiger partial charge in [0.2, 0.25) is 0 Å². The quantitative estimate of drug-likeness (QED) is 0.708. The first-order chi connectivity index (χ1) is 9.10. The van der Waals surface area contributed by atoms with Gasteiger partial charge in [-0.1, -0.05) is 12.8 Å². The average molecular weight is 261 g/mol. The maximum Gasteiger partial charge on any atom is 0.134 e. The summed E-state index contributed by atoms with van der Waals surface area (Å²) in [4.78, 5) is 8.91. The molecule has 19 heavy (non-hydrogen) atoms. The predicted molar refractivity (Wildman–Crippen MR) is 77.6 cm³/mol. The number of nitrogens with zero attached hydrogens (tertiary/aromatic N) is 2. The van der Waals surface area contributed by atoms with Gasteiger partial charge >= 0.3 is 0 Å². The molecule has 1 fully saturated rings. The fourth-order valence-electron chi connectivity index (χ4n) is 2.52. The first kappa shape index (κ1) is 13.9. The molecule has 1 heterocycles. The Morgan fingerprint density at radius 2 is 2.16 bits per heavy atom. The summed E-state index contributed by atoms with van der Waals surface area (Å²) >= 11 is 0. The number of nitrogens with one attached hydrogen (secondary N) is 2. The summed E-state index contributed by atoms with van der Waals surface area (Å²) in [5.41, 5.74) is 7.07. The van der Waals surface area contributed by atoms with Gasteiger partial charge in [0.1, 0.15) is 11.6 Å². The van der Waals surface area contributed by atoms with Gasteiger partial charge in [0.25, 0.3) is 0 Å². The SMILES string of the molecule is CN[C@H](C)CC(=N)c1cc(N)nc(C2CCCC2)n1. The largest absolute Gasteiger partial charge is 0.384 e. The highest BCUT2D eigenvalue weighted by atomic mass is 15.0. The first-order valence-corrected chi connectivity index (χ1v) is 6.99. The molecule has 1 atom stereocenters. The van der Waals surface area contributed by atoms with E-state index in [1.54, 1.807) is 6.07 Å². The third-order valence-electron chi connectivity index (χ3n) is 3.80. The lowest BCUT2D eigenvalue weighted by atomic mass is 10.1. The van der Waals surface area contributed by atoms with E-state index >= 15 is 0 Å². The summed E-state index contributed by atoms with van der Waals surface area (Å²) < 4.78 is 0. The minimum Gasteiger partial charge on any atom is -0.384 e. The van der Waals surface area contributed by atoms with Crippen molar-refractivity contribution < 1.29 is 0 Å². The van der Waals surface area contributed by atoms with Crippen LogP contribution in [0.4, 0.5) is 5.82 Å². The molecule has 1 saturated carbocycles. The molecule has 1 aromatic rings. The molecule has 2 rings (SSSR count). The first-order valence-electron chi connectivity index (χ1n) is 6.99. The van der Waals surface area contributed by atoms with Crippen LogP contribution in [0.2, 0.25) is 0 Å². The van der Waals surface area contributed by atoms with Crippen LogP contribution in [0, 0.1) is 5.41 Å². The van der Waals surface area contributed by atoms with E-state index in [0.717, 1.165) is 18.7 Å². The molecule has 0 saturated heterocycles. The summed E-state index contributed by atoms with van der Waals surface area (Å²) in [6.07, 6.45) is 5.42. The van der Waals surface area contributed by atoms with Gasteiger partial charge in [0.15, 0.2) is 0 Å². The molecule has 0 radical (unpaired) electrons. The van der Waals surface area contributed by atoms with Crippen molar-refractivity contribution >= 4 is 11.5 Å². The summed E-state index contributed by atoms with van der Waals surface area (Å²) in [7, 11) is 1.90. The van der Waals surface area contributed by atoms with Gasteiger partial charge in [0, 0.05) is 24.4 Å². The molecule has 104 valence electrons. The Hall–Kier alpha value is -1.49. The van der Waals surface area contributed by atoms with Gasteiger partial charge in [-0.3, -0.25) is 0 Å². The highest BCUT2D eigenvalue weighted by molar-refractivity contribution is 5.97. The molecule has 0 amide bonds. The topological polar surface area (TPSA) is 87.7 Å². The number of nitrogen functional groups attached to an aromatic ring is 1. The van der Waals surface area contributed by atoms with Gasteiger partial charge < -0.3 is 16.5 Å². The summed E-state index contributed by atoms with van der Waals surface area (Å²) in [6.45, 7) is 2.05. The third kappa shape index (κ3) is 3.50. The van der Waals surface area contributed by atoms with Crippen LogP contribution in [0.25, 0.3) is 0 Å². The minimum absolute atomic E-state index is 0.263. The van der Waals surface area contributed by atoms with Crippen molar-refractivity contribution in [3.8, 4) is 0 Å².